The Morgan fingerprint density at radius 3 is 2.31 bits per heavy atom. The van der Waals surface area contributed by atoms with Crippen LogP contribution in [0.3, 0.4) is 0 Å². The number of piperidine rings is 1. The van der Waals surface area contributed by atoms with Crippen LogP contribution in [-0.2, 0) is 14.8 Å². The zero-order chi connectivity index (χ0) is 30.4. The Bertz CT molecular complexity index is 1370. The van der Waals surface area contributed by atoms with Gasteiger partial charge >= 0.3 is 5.97 Å². The van der Waals surface area contributed by atoms with Crippen LogP contribution in [-0.4, -0.2) is 69.2 Å². The van der Waals surface area contributed by atoms with Gasteiger partial charge in [0.05, 0.1) is 11.3 Å². The Labute approximate surface area is 248 Å². The van der Waals surface area contributed by atoms with Crippen LogP contribution in [0.5, 0.6) is 0 Å². The number of aliphatic imine (C=N–C) groups is 1. The zero-order valence-corrected chi connectivity index (χ0v) is 25.3. The molecule has 1 unspecified atom stereocenters. The molecule has 2 aromatic rings. The first-order valence-electron chi connectivity index (χ1n) is 14.4. The van der Waals surface area contributed by atoms with Crippen molar-refractivity contribution in [2.45, 2.75) is 69.5 Å². The van der Waals surface area contributed by atoms with E-state index in [1.54, 1.807) is 51.1 Å². The van der Waals surface area contributed by atoms with Gasteiger partial charge in [0.1, 0.15) is 5.66 Å². The lowest BCUT2D eigenvalue weighted by Crippen LogP contribution is -2.68. The number of benzene rings is 2. The lowest BCUT2D eigenvalue weighted by atomic mass is 9.78. The van der Waals surface area contributed by atoms with Crippen molar-refractivity contribution >= 4 is 33.5 Å². The summed E-state index contributed by atoms with van der Waals surface area (Å²) in [4.78, 5) is 32.3. The molecule has 1 amide bonds. The Balaban J connectivity index is 1.45. The van der Waals surface area contributed by atoms with Crippen LogP contribution in [0, 0.1) is 5.41 Å². The second-order valence-corrected chi connectivity index (χ2v) is 13.6. The van der Waals surface area contributed by atoms with E-state index in [0.29, 0.717) is 11.6 Å². The summed E-state index contributed by atoms with van der Waals surface area (Å²) < 4.78 is 29.1. The van der Waals surface area contributed by atoms with Crippen molar-refractivity contribution in [3.8, 4) is 0 Å². The molecule has 4 rings (SSSR count). The summed E-state index contributed by atoms with van der Waals surface area (Å²) in [5.74, 6) is -0.939. The molecule has 1 atom stereocenters. The van der Waals surface area contributed by atoms with Crippen LogP contribution in [0.15, 0.2) is 64.5 Å². The van der Waals surface area contributed by atoms with E-state index in [1.807, 2.05) is 12.1 Å². The first-order valence-corrected chi connectivity index (χ1v) is 15.9. The lowest BCUT2D eigenvalue weighted by Gasteiger charge is -2.44. The Kier molecular flexibility index (Phi) is 9.78. The van der Waals surface area contributed by atoms with E-state index >= 15 is 0 Å². The highest BCUT2D eigenvalue weighted by molar-refractivity contribution is 7.89. The van der Waals surface area contributed by atoms with Crippen molar-refractivity contribution in [3.05, 3.63) is 60.2 Å². The summed E-state index contributed by atoms with van der Waals surface area (Å²) in [6, 6.07) is 15.1. The molecular formula is C30H42N6O5S. The third-order valence-corrected chi connectivity index (χ3v) is 9.37. The van der Waals surface area contributed by atoms with Crippen molar-refractivity contribution in [2.75, 3.05) is 31.1 Å². The van der Waals surface area contributed by atoms with Gasteiger partial charge in [-0.1, -0.05) is 39.0 Å². The van der Waals surface area contributed by atoms with Crippen molar-refractivity contribution in [2.24, 2.45) is 10.4 Å². The standard InChI is InChI=1S/C30H42N6O5S/c1-29(2,3)30(21-26(37)38,35-42(40,41)25-9-5-4-6-10-25)34-27(39)22-11-13-24(14-12-22)36-19-15-23(16-20-36)33-28-31-17-7-8-18-32-28/h4-6,9-14,23,35H,7-8,15-21H2,1-3H3,(H,34,39)(H,37,38)(H2,31,32,33). The number of carboxylic acids is 1. The molecule has 2 aromatic carbocycles. The first-order chi connectivity index (χ1) is 19.9. The second kappa shape index (κ2) is 13.1. The predicted molar refractivity (Wildman–Crippen MR) is 163 cm³/mol. The number of aliphatic carboxylic acids is 1. The highest BCUT2D eigenvalue weighted by atomic mass is 32.2. The highest BCUT2D eigenvalue weighted by Crippen LogP contribution is 2.33. The lowest BCUT2D eigenvalue weighted by molar-refractivity contribution is -0.140. The monoisotopic (exact) mass is 598 g/mol. The maximum absolute atomic E-state index is 13.5. The number of carbonyl (C=O) groups excluding carboxylic acids is 1. The van der Waals surface area contributed by atoms with Crippen molar-refractivity contribution in [3.63, 3.8) is 0 Å². The molecule has 228 valence electrons. The fourth-order valence-corrected chi connectivity index (χ4v) is 6.70. The van der Waals surface area contributed by atoms with E-state index in [-0.39, 0.29) is 4.90 Å². The molecule has 2 aliphatic rings. The van der Waals surface area contributed by atoms with Gasteiger partial charge in [0.15, 0.2) is 5.96 Å². The summed E-state index contributed by atoms with van der Waals surface area (Å²) in [5.41, 5.74) is -1.54. The third-order valence-electron chi connectivity index (χ3n) is 7.86. The number of amides is 1. The molecule has 12 heteroatoms. The topological polar surface area (TPSA) is 152 Å². The minimum atomic E-state index is -4.16. The highest BCUT2D eigenvalue weighted by Gasteiger charge is 2.48. The predicted octanol–water partition coefficient (Wildman–Crippen LogP) is 2.91. The molecule has 1 saturated heterocycles. The van der Waals surface area contributed by atoms with Crippen LogP contribution in [0.2, 0.25) is 0 Å². The van der Waals surface area contributed by atoms with Gasteiger partial charge in [-0.2, -0.15) is 4.72 Å². The SMILES string of the molecule is CC(C)(C)C(CC(=O)O)(NC(=O)c1ccc(N2CCC(NC3=NCCCCN3)CC2)cc1)NS(=O)(=O)c1ccccc1. The van der Waals surface area contributed by atoms with E-state index in [9.17, 15) is 23.1 Å². The number of nitrogens with one attached hydrogen (secondary N) is 4. The van der Waals surface area contributed by atoms with Crippen LogP contribution in [0.4, 0.5) is 5.69 Å². The Morgan fingerprint density at radius 2 is 1.69 bits per heavy atom. The summed E-state index contributed by atoms with van der Waals surface area (Å²) in [7, 11) is -4.16. The number of hydrogen-bond donors (Lipinski definition) is 5. The molecular weight excluding hydrogens is 556 g/mol. The van der Waals surface area contributed by atoms with Gasteiger partial charge in [-0.15, -0.1) is 0 Å². The van der Waals surface area contributed by atoms with Crippen LogP contribution in [0.25, 0.3) is 0 Å². The summed E-state index contributed by atoms with van der Waals surface area (Å²) in [6.45, 7) is 8.54. The number of nitrogens with zero attached hydrogens (tertiary/aromatic N) is 2. The van der Waals surface area contributed by atoms with E-state index in [0.717, 1.165) is 63.5 Å². The van der Waals surface area contributed by atoms with Gasteiger partial charge in [-0.3, -0.25) is 14.6 Å². The molecule has 2 aliphatic heterocycles. The van der Waals surface area contributed by atoms with Crippen molar-refractivity contribution in [1.82, 2.24) is 20.7 Å². The Hall–Kier alpha value is -3.64. The fraction of sp³-hybridized carbons (Fsp3) is 0.500. The van der Waals surface area contributed by atoms with Crippen LogP contribution >= 0.6 is 0 Å². The van der Waals surface area contributed by atoms with Gasteiger partial charge in [-0.05, 0) is 62.1 Å². The fourth-order valence-electron chi connectivity index (χ4n) is 5.18. The molecule has 0 aliphatic carbocycles. The van der Waals surface area contributed by atoms with Gasteiger partial charge in [0.2, 0.25) is 10.0 Å². The third kappa shape index (κ3) is 7.80. The maximum Gasteiger partial charge on any atom is 0.307 e. The van der Waals surface area contributed by atoms with E-state index in [4.69, 9.17) is 0 Å². The minimum Gasteiger partial charge on any atom is -0.481 e. The average Bonchev–Trinajstić information content (AvgIpc) is 3.21. The molecule has 42 heavy (non-hydrogen) atoms. The number of carboxylic acid groups (broad SMARTS) is 1. The van der Waals surface area contributed by atoms with Crippen molar-refractivity contribution < 1.29 is 23.1 Å². The van der Waals surface area contributed by atoms with E-state index < -0.39 is 39.4 Å². The molecule has 1 fully saturated rings. The molecule has 5 N–H and O–H groups in total. The second-order valence-electron chi connectivity index (χ2n) is 11.9. The molecule has 0 radical (unpaired) electrons. The number of rotatable bonds is 9. The Morgan fingerprint density at radius 1 is 1.02 bits per heavy atom. The number of sulfonamides is 1. The summed E-state index contributed by atoms with van der Waals surface area (Å²) in [6.07, 6.45) is 3.48. The van der Waals surface area contributed by atoms with Crippen LogP contribution in [0.1, 0.15) is 63.2 Å². The number of hydrogen-bond acceptors (Lipinski definition) is 8. The average molecular weight is 599 g/mol. The van der Waals surface area contributed by atoms with Gasteiger partial charge in [0, 0.05) is 48.9 Å². The van der Waals surface area contributed by atoms with Gasteiger partial charge in [-0.25, -0.2) is 8.42 Å². The van der Waals surface area contributed by atoms with E-state index in [2.05, 4.69) is 30.6 Å². The molecule has 0 spiro atoms. The number of guanidine groups is 1. The molecule has 11 nitrogen and oxygen atoms in total. The van der Waals surface area contributed by atoms with E-state index in [1.165, 1.54) is 12.1 Å². The summed E-state index contributed by atoms with van der Waals surface area (Å²) >= 11 is 0. The zero-order valence-electron chi connectivity index (χ0n) is 24.5. The largest absolute Gasteiger partial charge is 0.481 e. The molecule has 0 saturated carbocycles. The molecule has 0 bridgehead atoms. The maximum atomic E-state index is 13.5. The number of anilines is 1. The van der Waals surface area contributed by atoms with Crippen LogP contribution < -0.4 is 25.6 Å². The molecule has 0 aromatic heterocycles. The summed E-state index contributed by atoms with van der Waals surface area (Å²) in [5, 5.41) is 19.4. The normalized spacial score (nSPS) is 18.2. The quantitative estimate of drug-likeness (QED) is 0.276. The molecule has 2 heterocycles. The van der Waals surface area contributed by atoms with Crippen molar-refractivity contribution in [1.29, 1.82) is 0 Å². The van der Waals surface area contributed by atoms with Gasteiger partial charge < -0.3 is 26.0 Å². The van der Waals surface area contributed by atoms with Gasteiger partial charge in [0.25, 0.3) is 5.91 Å². The first kappa shape index (κ1) is 31.3. The number of carbonyl (C=O) groups is 2. The minimum absolute atomic E-state index is 0.0277. The smallest absolute Gasteiger partial charge is 0.307 e.